The Labute approximate surface area is 214 Å². The van der Waals surface area contributed by atoms with Crippen LogP contribution in [0.5, 0.6) is 0 Å². The fraction of sp³-hybridized carbons (Fsp3) is 0.440. The van der Waals surface area contributed by atoms with Gasteiger partial charge in [0.15, 0.2) is 0 Å². The van der Waals surface area contributed by atoms with Crippen molar-refractivity contribution in [3.63, 3.8) is 0 Å². The molecule has 0 aliphatic carbocycles. The van der Waals surface area contributed by atoms with Crippen LogP contribution in [0, 0.1) is 11.8 Å². The van der Waals surface area contributed by atoms with Crippen LogP contribution in [0.3, 0.4) is 0 Å². The van der Waals surface area contributed by atoms with E-state index in [1.807, 2.05) is 36.4 Å². The van der Waals surface area contributed by atoms with Gasteiger partial charge in [-0.2, -0.15) is 0 Å². The summed E-state index contributed by atoms with van der Waals surface area (Å²) in [5, 5.41) is 17.6. The van der Waals surface area contributed by atoms with Gasteiger partial charge in [0.1, 0.15) is 12.0 Å². The monoisotopic (exact) mass is 521 g/mol. The van der Waals surface area contributed by atoms with Crippen LogP contribution in [0.15, 0.2) is 42.5 Å². The molecule has 10 nitrogen and oxygen atoms in total. The molecule has 0 saturated heterocycles. The van der Waals surface area contributed by atoms with Crippen molar-refractivity contribution in [2.24, 2.45) is 11.8 Å². The number of aliphatic hydroxyl groups excluding tert-OH is 1. The second-order valence-electron chi connectivity index (χ2n) is 8.19. The zero-order valence-corrected chi connectivity index (χ0v) is 21.0. The number of benzene rings is 2. The van der Waals surface area contributed by atoms with Crippen LogP contribution in [-0.4, -0.2) is 67.8 Å². The molecule has 0 saturated carbocycles. The smallest absolute Gasteiger partial charge is 0.411 e. The Bertz CT molecular complexity index is 1050. The Morgan fingerprint density at radius 2 is 1.67 bits per heavy atom. The van der Waals surface area contributed by atoms with Crippen molar-refractivity contribution in [1.29, 1.82) is 0 Å². The summed E-state index contributed by atoms with van der Waals surface area (Å²) in [6, 6.07) is 13.2. The Balaban J connectivity index is 1.85. The summed E-state index contributed by atoms with van der Waals surface area (Å²) in [4.78, 5) is 48.8. The van der Waals surface area contributed by atoms with Crippen molar-refractivity contribution in [2.45, 2.75) is 25.1 Å². The van der Waals surface area contributed by atoms with E-state index in [0.717, 1.165) is 10.8 Å². The normalized spacial score (nSPS) is 13.2. The van der Waals surface area contributed by atoms with E-state index in [2.05, 4.69) is 16.0 Å². The number of carbonyl (C=O) groups excluding carboxylic acids is 4. The van der Waals surface area contributed by atoms with Crippen molar-refractivity contribution in [1.82, 2.24) is 10.6 Å². The number of aliphatic hydroxyl groups is 1. The highest BCUT2D eigenvalue weighted by Gasteiger charge is 2.29. The number of esters is 1. The van der Waals surface area contributed by atoms with Crippen LogP contribution in [0.1, 0.15) is 19.8 Å². The third kappa shape index (κ3) is 9.35. The molecule has 0 radical (unpaired) electrons. The second kappa shape index (κ2) is 14.9. The first-order valence-electron chi connectivity index (χ1n) is 11.6. The largest absolute Gasteiger partial charge is 0.469 e. The molecule has 2 aromatic rings. The van der Waals surface area contributed by atoms with Crippen molar-refractivity contribution < 1.29 is 33.8 Å². The number of nitrogens with one attached hydrogen (secondary N) is 3. The van der Waals surface area contributed by atoms with Gasteiger partial charge in [0.05, 0.1) is 26.2 Å². The molecule has 196 valence electrons. The van der Waals surface area contributed by atoms with Crippen LogP contribution in [0.25, 0.3) is 10.8 Å². The van der Waals surface area contributed by atoms with Gasteiger partial charge in [-0.05, 0) is 35.7 Å². The predicted molar refractivity (Wildman–Crippen MR) is 136 cm³/mol. The maximum Gasteiger partial charge on any atom is 0.411 e. The second-order valence-corrected chi connectivity index (χ2v) is 8.72. The molecule has 0 spiro atoms. The van der Waals surface area contributed by atoms with Gasteiger partial charge in [0.2, 0.25) is 11.8 Å². The van der Waals surface area contributed by atoms with Crippen molar-refractivity contribution >= 4 is 51.9 Å². The average Bonchev–Trinajstić information content (AvgIpc) is 2.88. The minimum absolute atomic E-state index is 0.0245. The molecule has 0 bridgehead atoms. The number of rotatable bonds is 13. The molecule has 36 heavy (non-hydrogen) atoms. The minimum atomic E-state index is -1.04. The van der Waals surface area contributed by atoms with E-state index in [-0.39, 0.29) is 39.1 Å². The van der Waals surface area contributed by atoms with Gasteiger partial charge < -0.3 is 25.2 Å². The van der Waals surface area contributed by atoms with E-state index >= 15 is 0 Å². The number of amides is 3. The molecule has 3 amide bonds. The molecule has 3 atom stereocenters. The lowest BCUT2D eigenvalue weighted by atomic mass is 9.90. The van der Waals surface area contributed by atoms with Gasteiger partial charge in [-0.25, -0.2) is 4.79 Å². The Morgan fingerprint density at radius 1 is 0.972 bits per heavy atom. The van der Waals surface area contributed by atoms with E-state index < -0.39 is 41.1 Å². The molecule has 2 aromatic carbocycles. The van der Waals surface area contributed by atoms with E-state index in [1.165, 1.54) is 7.11 Å². The minimum Gasteiger partial charge on any atom is -0.469 e. The van der Waals surface area contributed by atoms with Crippen molar-refractivity contribution in [2.75, 3.05) is 38.7 Å². The van der Waals surface area contributed by atoms with E-state index in [0.29, 0.717) is 5.69 Å². The topological polar surface area (TPSA) is 143 Å². The fourth-order valence-electron chi connectivity index (χ4n) is 3.56. The highest BCUT2D eigenvalue weighted by atomic mass is 35.5. The SMILES string of the molecule is COC(=O)C(C)CC(CC(Cl)C(=O)NCCO)C(=O)NCCOC(=O)Nc1ccc2ccccc2c1. The molecule has 3 unspecified atom stereocenters. The van der Waals surface area contributed by atoms with Crippen LogP contribution in [0.2, 0.25) is 0 Å². The number of halogens is 1. The van der Waals surface area contributed by atoms with Crippen molar-refractivity contribution in [3.8, 4) is 0 Å². The number of hydrogen-bond acceptors (Lipinski definition) is 7. The first-order chi connectivity index (χ1) is 17.2. The molecule has 0 fully saturated rings. The molecule has 0 aliphatic heterocycles. The van der Waals surface area contributed by atoms with Gasteiger partial charge in [0, 0.05) is 18.2 Å². The summed E-state index contributed by atoms with van der Waals surface area (Å²) >= 11 is 6.15. The van der Waals surface area contributed by atoms with Crippen LogP contribution in [0.4, 0.5) is 10.5 Å². The molecule has 0 aromatic heterocycles. The fourth-order valence-corrected chi connectivity index (χ4v) is 3.86. The first kappa shape index (κ1) is 28.9. The Kier molecular flexibility index (Phi) is 11.9. The number of carbonyl (C=O) groups is 4. The number of fused-ring (bicyclic) bond motifs is 1. The zero-order valence-electron chi connectivity index (χ0n) is 20.3. The first-order valence-corrected chi connectivity index (χ1v) is 12.0. The van der Waals surface area contributed by atoms with Crippen LogP contribution >= 0.6 is 11.6 Å². The molecule has 2 rings (SSSR count). The number of alkyl halides is 1. The molecule has 0 heterocycles. The quantitative estimate of drug-likeness (QED) is 0.180. The maximum atomic E-state index is 12.8. The highest BCUT2D eigenvalue weighted by Crippen LogP contribution is 2.22. The Morgan fingerprint density at radius 3 is 2.36 bits per heavy atom. The van der Waals surface area contributed by atoms with Crippen LogP contribution < -0.4 is 16.0 Å². The van der Waals surface area contributed by atoms with Gasteiger partial charge in [-0.1, -0.05) is 37.3 Å². The highest BCUT2D eigenvalue weighted by molar-refractivity contribution is 6.30. The number of hydrogen-bond donors (Lipinski definition) is 4. The molecule has 4 N–H and O–H groups in total. The lowest BCUT2D eigenvalue weighted by molar-refractivity contribution is -0.145. The van der Waals surface area contributed by atoms with Crippen LogP contribution in [-0.2, 0) is 23.9 Å². The summed E-state index contributed by atoms with van der Waals surface area (Å²) in [5.74, 6) is -2.82. The van der Waals surface area contributed by atoms with Crippen molar-refractivity contribution in [3.05, 3.63) is 42.5 Å². The maximum absolute atomic E-state index is 12.8. The number of methoxy groups -OCH3 is 1. The average molecular weight is 522 g/mol. The van der Waals surface area contributed by atoms with E-state index in [4.69, 9.17) is 26.2 Å². The third-order valence-electron chi connectivity index (χ3n) is 5.43. The summed E-state index contributed by atoms with van der Waals surface area (Å²) in [6.45, 7) is 1.34. The number of ether oxygens (including phenoxy) is 2. The molecular weight excluding hydrogens is 490 g/mol. The van der Waals surface area contributed by atoms with Gasteiger partial charge in [-0.3, -0.25) is 19.7 Å². The molecule has 11 heteroatoms. The summed E-state index contributed by atoms with van der Waals surface area (Å²) in [7, 11) is 1.25. The zero-order chi connectivity index (χ0) is 26.5. The lowest BCUT2D eigenvalue weighted by Gasteiger charge is -2.21. The number of anilines is 1. The summed E-state index contributed by atoms with van der Waals surface area (Å²) in [6.07, 6.45) is -0.593. The summed E-state index contributed by atoms with van der Waals surface area (Å²) < 4.78 is 9.86. The standard InChI is InChI=1S/C25H32ClN3O7/c1-16(24(33)35-2)13-19(15-21(26)23(32)27-9-11-30)22(31)28-10-12-36-25(34)29-20-8-7-17-5-3-4-6-18(17)14-20/h3-8,14,16,19,21,30H,9-13,15H2,1-2H3,(H,27,32)(H,28,31)(H,29,34). The lowest BCUT2D eigenvalue weighted by Crippen LogP contribution is -2.40. The Hall–Kier alpha value is -3.37. The third-order valence-corrected chi connectivity index (χ3v) is 5.81. The van der Waals surface area contributed by atoms with Gasteiger partial charge in [0.25, 0.3) is 0 Å². The van der Waals surface area contributed by atoms with E-state index in [9.17, 15) is 19.2 Å². The molecule has 0 aliphatic rings. The molecular formula is C25H32ClN3O7. The predicted octanol–water partition coefficient (Wildman–Crippen LogP) is 2.43. The van der Waals surface area contributed by atoms with E-state index in [1.54, 1.807) is 13.0 Å². The van der Waals surface area contributed by atoms with Gasteiger partial charge in [-0.15, -0.1) is 11.6 Å². The summed E-state index contributed by atoms with van der Waals surface area (Å²) in [5.41, 5.74) is 0.576. The van der Waals surface area contributed by atoms with Gasteiger partial charge >= 0.3 is 12.1 Å².